The smallest absolute Gasteiger partial charge is 0.403 e. The van der Waals surface area contributed by atoms with Crippen LogP contribution < -0.4 is 20.7 Å². The van der Waals surface area contributed by atoms with Gasteiger partial charge in [-0.1, -0.05) is 6.07 Å². The summed E-state index contributed by atoms with van der Waals surface area (Å²) in [4.78, 5) is 33.2. The monoisotopic (exact) mass is 453 g/mol. The second kappa shape index (κ2) is 8.69. The largest absolute Gasteiger partial charge is 0.573 e. The molecular weight excluding hydrogens is 434 g/mol. The molecule has 8 nitrogen and oxygen atoms in total. The molecule has 2 aliphatic rings. The minimum Gasteiger partial charge on any atom is -0.403 e. The molecule has 2 aromatic rings. The van der Waals surface area contributed by atoms with Crippen LogP contribution in [0.5, 0.6) is 5.75 Å². The molecule has 1 aromatic carbocycles. The number of nitrogens with zero attached hydrogens (tertiary/aromatic N) is 2. The van der Waals surface area contributed by atoms with Crippen LogP contribution in [0.2, 0.25) is 0 Å². The van der Waals surface area contributed by atoms with Crippen molar-refractivity contribution in [2.45, 2.75) is 43.9 Å². The Hall–Kier alpha value is -3.28. The zero-order valence-electron chi connectivity index (χ0n) is 16.5. The predicted molar refractivity (Wildman–Crippen MR) is 101 cm³/mol. The Bertz CT molecular complexity index is 1000. The quantitative estimate of drug-likeness (QED) is 0.580. The number of aromatic nitrogens is 2. The molecule has 12 heteroatoms. The SMILES string of the molecule is O=C1CC(C(=O)N[C@@H](c2ccc(OC(F)(F)F)c(F)c2)C2CC2)NC(c2ncccn2)N1. The van der Waals surface area contributed by atoms with E-state index < -0.39 is 42.1 Å². The molecule has 4 rings (SSSR count). The number of ether oxygens (including phenoxy) is 1. The lowest BCUT2D eigenvalue weighted by atomic mass is 10.0. The highest BCUT2D eigenvalue weighted by Gasteiger charge is 2.38. The van der Waals surface area contributed by atoms with E-state index in [-0.39, 0.29) is 18.2 Å². The summed E-state index contributed by atoms with van der Waals surface area (Å²) in [6.45, 7) is 0. The first-order chi connectivity index (χ1) is 15.2. The number of rotatable bonds is 6. The normalized spacial score (nSPS) is 22.1. The Labute approximate surface area is 179 Å². The van der Waals surface area contributed by atoms with Crippen molar-refractivity contribution in [3.63, 3.8) is 0 Å². The molecule has 0 bridgehead atoms. The van der Waals surface area contributed by atoms with Crippen molar-refractivity contribution in [2.24, 2.45) is 5.92 Å². The van der Waals surface area contributed by atoms with Crippen LogP contribution in [-0.2, 0) is 9.59 Å². The highest BCUT2D eigenvalue weighted by atomic mass is 19.4. The number of amides is 2. The molecule has 32 heavy (non-hydrogen) atoms. The van der Waals surface area contributed by atoms with Gasteiger partial charge in [0.05, 0.1) is 18.5 Å². The van der Waals surface area contributed by atoms with Crippen molar-refractivity contribution >= 4 is 11.8 Å². The molecule has 2 heterocycles. The maximum atomic E-state index is 14.2. The zero-order valence-corrected chi connectivity index (χ0v) is 16.5. The van der Waals surface area contributed by atoms with Crippen LogP contribution in [0.25, 0.3) is 0 Å². The molecule has 0 radical (unpaired) electrons. The predicted octanol–water partition coefficient (Wildman–Crippen LogP) is 2.26. The summed E-state index contributed by atoms with van der Waals surface area (Å²) in [6, 6.07) is 3.20. The van der Waals surface area contributed by atoms with E-state index in [1.54, 1.807) is 6.07 Å². The van der Waals surface area contributed by atoms with Crippen LogP contribution >= 0.6 is 0 Å². The maximum absolute atomic E-state index is 14.2. The van der Waals surface area contributed by atoms with E-state index in [1.165, 1.54) is 18.5 Å². The lowest BCUT2D eigenvalue weighted by molar-refractivity contribution is -0.275. The van der Waals surface area contributed by atoms with Crippen molar-refractivity contribution in [3.05, 3.63) is 53.9 Å². The minimum atomic E-state index is -5.02. The lowest BCUT2D eigenvalue weighted by Gasteiger charge is -2.31. The third-order valence-electron chi connectivity index (χ3n) is 5.16. The van der Waals surface area contributed by atoms with Gasteiger partial charge in [0.1, 0.15) is 6.17 Å². The number of benzene rings is 1. The lowest BCUT2D eigenvalue weighted by Crippen LogP contribution is -2.57. The summed E-state index contributed by atoms with van der Waals surface area (Å²) < 4.78 is 55.0. The Morgan fingerprint density at radius 1 is 1.22 bits per heavy atom. The Balaban J connectivity index is 1.48. The van der Waals surface area contributed by atoms with Gasteiger partial charge in [-0.15, -0.1) is 13.2 Å². The number of halogens is 4. The summed E-state index contributed by atoms with van der Waals surface area (Å²) in [5.41, 5.74) is 0.316. The third-order valence-corrected chi connectivity index (χ3v) is 5.16. The molecule has 1 aromatic heterocycles. The van der Waals surface area contributed by atoms with E-state index in [9.17, 15) is 27.2 Å². The fourth-order valence-electron chi connectivity index (χ4n) is 3.55. The van der Waals surface area contributed by atoms with Crippen LogP contribution in [0.4, 0.5) is 17.6 Å². The van der Waals surface area contributed by atoms with Gasteiger partial charge in [0.2, 0.25) is 11.8 Å². The van der Waals surface area contributed by atoms with Crippen molar-refractivity contribution < 1.29 is 31.9 Å². The highest BCUT2D eigenvalue weighted by molar-refractivity contribution is 5.89. The first kappa shape index (κ1) is 21.9. The Morgan fingerprint density at radius 2 is 1.94 bits per heavy atom. The molecule has 2 unspecified atom stereocenters. The number of carbonyl (C=O) groups is 2. The highest BCUT2D eigenvalue weighted by Crippen LogP contribution is 2.42. The van der Waals surface area contributed by atoms with Gasteiger partial charge >= 0.3 is 6.36 Å². The molecule has 1 saturated carbocycles. The zero-order chi connectivity index (χ0) is 22.9. The number of alkyl halides is 3. The van der Waals surface area contributed by atoms with Gasteiger partial charge in [0, 0.05) is 12.4 Å². The Kier molecular flexibility index (Phi) is 5.96. The molecule has 2 fully saturated rings. The van der Waals surface area contributed by atoms with Gasteiger partial charge in [0.15, 0.2) is 17.4 Å². The average Bonchev–Trinajstić information content (AvgIpc) is 3.58. The van der Waals surface area contributed by atoms with E-state index in [1.807, 2.05) is 0 Å². The van der Waals surface area contributed by atoms with Crippen LogP contribution in [0, 0.1) is 11.7 Å². The van der Waals surface area contributed by atoms with Gasteiger partial charge in [-0.05, 0) is 42.5 Å². The topological polar surface area (TPSA) is 105 Å². The number of nitrogens with one attached hydrogen (secondary N) is 3. The molecule has 0 spiro atoms. The van der Waals surface area contributed by atoms with E-state index in [0.717, 1.165) is 25.0 Å². The van der Waals surface area contributed by atoms with Crippen LogP contribution in [0.3, 0.4) is 0 Å². The molecule has 2 amide bonds. The summed E-state index contributed by atoms with van der Waals surface area (Å²) in [6.07, 6.45) is -1.35. The summed E-state index contributed by atoms with van der Waals surface area (Å²) in [7, 11) is 0. The fraction of sp³-hybridized carbons (Fsp3) is 0.400. The van der Waals surface area contributed by atoms with E-state index in [0.29, 0.717) is 11.4 Å². The molecule has 1 saturated heterocycles. The summed E-state index contributed by atoms with van der Waals surface area (Å²) >= 11 is 0. The molecule has 170 valence electrons. The first-order valence-corrected chi connectivity index (χ1v) is 9.87. The molecular formula is C20H19F4N5O3. The standard InChI is InChI=1S/C20H19F4N5O3/c21-12-8-11(4-5-14(12)32-20(22,23)24)16(10-2-3-10)29-19(31)13-9-15(30)28-18(27-13)17-25-6-1-7-26-17/h1,4-8,10,13,16,18,27H,2-3,9H2,(H,28,30)(H,29,31)/t13?,16-,18?/m1/s1. The minimum absolute atomic E-state index is 0.0124. The fourth-order valence-corrected chi connectivity index (χ4v) is 3.55. The van der Waals surface area contributed by atoms with Crippen LogP contribution in [0.15, 0.2) is 36.7 Å². The van der Waals surface area contributed by atoms with Gasteiger partial charge in [-0.25, -0.2) is 14.4 Å². The van der Waals surface area contributed by atoms with Gasteiger partial charge < -0.3 is 15.4 Å². The van der Waals surface area contributed by atoms with E-state index in [2.05, 4.69) is 30.7 Å². The molecule has 1 aliphatic carbocycles. The van der Waals surface area contributed by atoms with E-state index >= 15 is 0 Å². The van der Waals surface area contributed by atoms with Crippen LogP contribution in [0.1, 0.15) is 42.9 Å². The second-order valence-electron chi connectivity index (χ2n) is 7.59. The van der Waals surface area contributed by atoms with Crippen molar-refractivity contribution in [1.29, 1.82) is 0 Å². The summed E-state index contributed by atoms with van der Waals surface area (Å²) in [5, 5.41) is 8.43. The summed E-state index contributed by atoms with van der Waals surface area (Å²) in [5.74, 6) is -2.69. The van der Waals surface area contributed by atoms with Crippen molar-refractivity contribution in [3.8, 4) is 5.75 Å². The molecule has 3 N–H and O–H groups in total. The molecule has 1 aliphatic heterocycles. The van der Waals surface area contributed by atoms with Gasteiger partial charge in [0.25, 0.3) is 0 Å². The number of hydrogen-bond acceptors (Lipinski definition) is 6. The average molecular weight is 453 g/mol. The molecule has 3 atom stereocenters. The van der Waals surface area contributed by atoms with E-state index in [4.69, 9.17) is 0 Å². The Morgan fingerprint density at radius 3 is 2.56 bits per heavy atom. The van der Waals surface area contributed by atoms with Gasteiger partial charge in [-0.3, -0.25) is 14.9 Å². The maximum Gasteiger partial charge on any atom is 0.573 e. The van der Waals surface area contributed by atoms with Crippen molar-refractivity contribution in [2.75, 3.05) is 0 Å². The van der Waals surface area contributed by atoms with Gasteiger partial charge in [-0.2, -0.15) is 0 Å². The number of carbonyl (C=O) groups excluding carboxylic acids is 2. The number of hydrogen-bond donors (Lipinski definition) is 3. The third kappa shape index (κ3) is 5.31. The van der Waals surface area contributed by atoms with Crippen LogP contribution in [-0.4, -0.2) is 34.2 Å². The second-order valence-corrected chi connectivity index (χ2v) is 7.59. The van der Waals surface area contributed by atoms with Crippen molar-refractivity contribution in [1.82, 2.24) is 25.9 Å². The first-order valence-electron chi connectivity index (χ1n) is 9.87.